The molecule has 2 N–H and O–H groups in total. The molecule has 1 amide bonds. The van der Waals surface area contributed by atoms with E-state index in [1.807, 2.05) is 6.07 Å². The largest absolute Gasteiger partial charge is 0.450 e. The maximum absolute atomic E-state index is 12.0. The Balaban J connectivity index is 1.92. The second kappa shape index (κ2) is 12.9. The highest BCUT2D eigenvalue weighted by Crippen LogP contribution is 2.30. The molecule has 35 heavy (non-hydrogen) atoms. The molecule has 0 spiro atoms. The summed E-state index contributed by atoms with van der Waals surface area (Å²) in [6.45, 7) is 11.6. The highest BCUT2D eigenvalue weighted by molar-refractivity contribution is 6.42. The second-order valence-corrected chi connectivity index (χ2v) is 8.99. The summed E-state index contributed by atoms with van der Waals surface area (Å²) in [6, 6.07) is 7.26. The number of rotatable bonds is 11. The molecule has 3 aromatic rings. The average molecular weight is 519 g/mol. The Morgan fingerprint density at radius 3 is 2.57 bits per heavy atom. The van der Waals surface area contributed by atoms with E-state index in [1.54, 1.807) is 31.3 Å². The first-order valence-corrected chi connectivity index (χ1v) is 12.7. The minimum Gasteiger partial charge on any atom is -0.450 e. The molecular weight excluding hydrogens is 487 g/mol. The van der Waals surface area contributed by atoms with Crippen molar-refractivity contribution < 1.29 is 9.53 Å². The van der Waals surface area contributed by atoms with Crippen LogP contribution in [0.25, 0.3) is 22.4 Å². The summed E-state index contributed by atoms with van der Waals surface area (Å²) in [5.41, 5.74) is 3.16. The van der Waals surface area contributed by atoms with Gasteiger partial charge in [0.05, 0.1) is 34.2 Å². The van der Waals surface area contributed by atoms with E-state index in [9.17, 15) is 4.79 Å². The van der Waals surface area contributed by atoms with Gasteiger partial charge in [-0.05, 0) is 58.5 Å². The number of aromatic nitrogens is 3. The zero-order valence-corrected chi connectivity index (χ0v) is 22.1. The number of carbonyl (C=O) groups is 1. The van der Waals surface area contributed by atoms with Gasteiger partial charge in [0, 0.05) is 17.7 Å². The van der Waals surface area contributed by atoms with Crippen molar-refractivity contribution in [3.05, 3.63) is 40.5 Å². The number of hydrogen-bond donors (Lipinski definition) is 2. The fourth-order valence-corrected chi connectivity index (χ4v) is 4.03. The fourth-order valence-electron chi connectivity index (χ4n) is 3.74. The molecule has 0 fully saturated rings. The molecule has 0 saturated carbocycles. The van der Waals surface area contributed by atoms with Gasteiger partial charge in [-0.15, -0.1) is 0 Å². The van der Waals surface area contributed by atoms with Crippen LogP contribution in [0.4, 0.5) is 16.3 Å². The van der Waals surface area contributed by atoms with Crippen molar-refractivity contribution in [1.82, 2.24) is 19.9 Å². The van der Waals surface area contributed by atoms with Crippen molar-refractivity contribution >= 4 is 52.0 Å². The highest BCUT2D eigenvalue weighted by Gasteiger charge is 2.15. The van der Waals surface area contributed by atoms with Crippen LogP contribution >= 0.6 is 23.2 Å². The minimum absolute atomic E-state index is 0.169. The number of fused-ring (bicyclic) bond motifs is 1. The van der Waals surface area contributed by atoms with Crippen LogP contribution in [-0.2, 0) is 4.74 Å². The topological polar surface area (TPSA) is 92.3 Å². The minimum atomic E-state index is -0.571. The Morgan fingerprint density at radius 1 is 1.11 bits per heavy atom. The van der Waals surface area contributed by atoms with Crippen LogP contribution in [0.5, 0.6) is 0 Å². The van der Waals surface area contributed by atoms with E-state index < -0.39 is 6.09 Å². The van der Waals surface area contributed by atoms with Gasteiger partial charge in [-0.3, -0.25) is 5.32 Å². The third-order valence-corrected chi connectivity index (χ3v) is 6.38. The Bertz CT molecular complexity index is 1160. The number of benzene rings is 1. The normalized spacial score (nSPS) is 12.1. The molecule has 0 aliphatic rings. The Labute approximate surface area is 216 Å². The van der Waals surface area contributed by atoms with Crippen molar-refractivity contribution in [1.29, 1.82) is 0 Å². The molecule has 0 saturated heterocycles. The number of halogens is 2. The van der Waals surface area contributed by atoms with E-state index in [2.05, 4.69) is 46.3 Å². The van der Waals surface area contributed by atoms with Crippen LogP contribution in [0.15, 0.2) is 30.5 Å². The molecule has 1 atom stereocenters. The van der Waals surface area contributed by atoms with Gasteiger partial charge in [-0.25, -0.2) is 19.7 Å². The third-order valence-electron chi connectivity index (χ3n) is 5.64. The van der Waals surface area contributed by atoms with E-state index >= 15 is 0 Å². The lowest BCUT2D eigenvalue weighted by Crippen LogP contribution is -2.25. The smallest absolute Gasteiger partial charge is 0.412 e. The Morgan fingerprint density at radius 2 is 1.89 bits per heavy atom. The lowest BCUT2D eigenvalue weighted by atomic mass is 10.1. The molecule has 0 aliphatic carbocycles. The molecule has 2 aromatic heterocycles. The molecule has 1 aromatic carbocycles. The summed E-state index contributed by atoms with van der Waals surface area (Å²) in [5, 5.41) is 7.12. The second-order valence-electron chi connectivity index (χ2n) is 8.17. The molecule has 0 radical (unpaired) electrons. The van der Waals surface area contributed by atoms with Gasteiger partial charge >= 0.3 is 6.09 Å². The van der Waals surface area contributed by atoms with Crippen LogP contribution in [0.3, 0.4) is 0 Å². The first kappa shape index (κ1) is 26.9. The zero-order chi connectivity index (χ0) is 25.4. The number of amides is 1. The Kier molecular flexibility index (Phi) is 9.89. The Hall–Kier alpha value is -2.68. The van der Waals surface area contributed by atoms with Crippen LogP contribution in [0, 0.1) is 0 Å². The van der Waals surface area contributed by atoms with Gasteiger partial charge in [-0.2, -0.15) is 0 Å². The number of nitrogens with zero attached hydrogens (tertiary/aromatic N) is 4. The van der Waals surface area contributed by atoms with E-state index in [1.165, 1.54) is 0 Å². The van der Waals surface area contributed by atoms with Gasteiger partial charge in [0.25, 0.3) is 0 Å². The molecule has 1 unspecified atom stereocenters. The summed E-state index contributed by atoms with van der Waals surface area (Å²) >= 11 is 12.3. The van der Waals surface area contributed by atoms with Crippen molar-refractivity contribution in [2.45, 2.75) is 46.6 Å². The van der Waals surface area contributed by atoms with Crippen molar-refractivity contribution in [2.24, 2.45) is 0 Å². The summed E-state index contributed by atoms with van der Waals surface area (Å²) in [4.78, 5) is 28.2. The lowest BCUT2D eigenvalue weighted by molar-refractivity contribution is 0.168. The SMILES string of the molecule is CCOC(=O)Nc1cc(NC(C)CCCN(CC)CC)c2nc(-c3ccc(Cl)c(Cl)c3)cnc2n1. The molecule has 3 rings (SSSR count). The maximum Gasteiger partial charge on any atom is 0.412 e. The van der Waals surface area contributed by atoms with Gasteiger partial charge in [-0.1, -0.05) is 43.1 Å². The summed E-state index contributed by atoms with van der Waals surface area (Å²) in [7, 11) is 0. The number of hydrogen-bond acceptors (Lipinski definition) is 7. The maximum atomic E-state index is 12.0. The fraction of sp³-hybridized carbons (Fsp3) is 0.440. The van der Waals surface area contributed by atoms with Gasteiger partial charge in [0.15, 0.2) is 5.65 Å². The zero-order valence-electron chi connectivity index (χ0n) is 20.6. The number of carbonyl (C=O) groups excluding carboxylic acids is 1. The number of nitrogens with one attached hydrogen (secondary N) is 2. The van der Waals surface area contributed by atoms with Crippen molar-refractivity contribution in [2.75, 3.05) is 36.9 Å². The monoisotopic (exact) mass is 518 g/mol. The van der Waals surface area contributed by atoms with Gasteiger partial charge < -0.3 is 15.0 Å². The molecule has 188 valence electrons. The predicted molar refractivity (Wildman–Crippen MR) is 144 cm³/mol. The van der Waals surface area contributed by atoms with Crippen molar-refractivity contribution in [3.63, 3.8) is 0 Å². The molecule has 10 heteroatoms. The molecule has 0 aliphatic heterocycles. The predicted octanol–water partition coefficient (Wildman–Crippen LogP) is 6.49. The number of anilines is 2. The molecule has 0 bridgehead atoms. The summed E-state index contributed by atoms with van der Waals surface area (Å²) in [5.74, 6) is 0.338. The summed E-state index contributed by atoms with van der Waals surface area (Å²) in [6.07, 6.45) is 3.09. The number of pyridine rings is 1. The third kappa shape index (κ3) is 7.40. The number of ether oxygens (including phenoxy) is 1. The molecule has 2 heterocycles. The van der Waals surface area contributed by atoms with Crippen LogP contribution in [0.1, 0.15) is 40.5 Å². The first-order chi connectivity index (χ1) is 16.8. The van der Waals surface area contributed by atoms with E-state index in [0.29, 0.717) is 32.7 Å². The molecule has 8 nitrogen and oxygen atoms in total. The lowest BCUT2D eigenvalue weighted by Gasteiger charge is -2.21. The van der Waals surface area contributed by atoms with Crippen LogP contribution < -0.4 is 10.6 Å². The quantitative estimate of drug-likeness (QED) is 0.299. The van der Waals surface area contributed by atoms with Crippen molar-refractivity contribution in [3.8, 4) is 11.3 Å². The van der Waals surface area contributed by atoms with Crippen LogP contribution in [0.2, 0.25) is 10.0 Å². The van der Waals surface area contributed by atoms with E-state index in [4.69, 9.17) is 32.9 Å². The summed E-state index contributed by atoms with van der Waals surface area (Å²) < 4.78 is 5.00. The molecular formula is C25H32Cl2N6O2. The van der Waals surface area contributed by atoms with E-state index in [-0.39, 0.29) is 12.6 Å². The van der Waals surface area contributed by atoms with Gasteiger partial charge in [0.1, 0.15) is 11.3 Å². The van der Waals surface area contributed by atoms with Crippen LogP contribution in [-0.4, -0.2) is 58.2 Å². The standard InChI is InChI=1S/C25H32Cl2N6O2/c1-5-33(6-2)12-8-9-16(4)29-20-14-22(32-25(34)35-7-3)31-24-23(20)30-21(15-28-24)17-10-11-18(26)19(27)13-17/h10-11,13-16H,5-9,12H2,1-4H3,(H2,28,29,31,32,34). The first-order valence-electron chi connectivity index (χ1n) is 11.9. The highest BCUT2D eigenvalue weighted by atomic mass is 35.5. The van der Waals surface area contributed by atoms with E-state index in [0.717, 1.165) is 43.7 Å². The van der Waals surface area contributed by atoms with Gasteiger partial charge in [0.2, 0.25) is 0 Å². The average Bonchev–Trinajstić information content (AvgIpc) is 2.83.